The van der Waals surface area contributed by atoms with Gasteiger partial charge < -0.3 is 19.7 Å². The number of halogens is 2. The molecule has 0 spiro atoms. The van der Waals surface area contributed by atoms with E-state index in [9.17, 15) is 13.6 Å². The minimum Gasteiger partial charge on any atom is -0.435 e. The summed E-state index contributed by atoms with van der Waals surface area (Å²) in [5, 5.41) is 2.81. The summed E-state index contributed by atoms with van der Waals surface area (Å²) in [6.45, 7) is 0.0989. The highest BCUT2D eigenvalue weighted by Crippen LogP contribution is 2.21. The first kappa shape index (κ1) is 17.2. The summed E-state index contributed by atoms with van der Waals surface area (Å²) in [5.74, 6) is -0.302. The standard InChI is InChI=1S/C18H18F2N2O3/c19-18(20)25-16-6-4-13(5-7-16)17(23)21-14-2-1-3-15(12-14)22-8-10-24-11-9-22/h1-7,12,18H,8-11H2,(H,21,23). The van der Waals surface area contributed by atoms with Crippen LogP contribution in [0.3, 0.4) is 0 Å². The molecule has 0 saturated carbocycles. The lowest BCUT2D eigenvalue weighted by Crippen LogP contribution is -2.36. The monoisotopic (exact) mass is 348 g/mol. The van der Waals surface area contributed by atoms with Gasteiger partial charge in [0.25, 0.3) is 5.91 Å². The van der Waals surface area contributed by atoms with Gasteiger partial charge >= 0.3 is 6.61 Å². The maximum Gasteiger partial charge on any atom is 0.387 e. The molecule has 2 aromatic carbocycles. The third-order valence-corrected chi connectivity index (χ3v) is 3.82. The smallest absolute Gasteiger partial charge is 0.387 e. The van der Waals surface area contributed by atoms with E-state index in [0.29, 0.717) is 24.5 Å². The fraction of sp³-hybridized carbons (Fsp3) is 0.278. The number of morpholine rings is 1. The van der Waals surface area contributed by atoms with E-state index in [-0.39, 0.29) is 11.7 Å². The van der Waals surface area contributed by atoms with Crippen LogP contribution in [0, 0.1) is 0 Å². The second-order valence-corrected chi connectivity index (χ2v) is 5.51. The van der Waals surface area contributed by atoms with Crippen molar-refractivity contribution in [3.63, 3.8) is 0 Å². The van der Waals surface area contributed by atoms with Gasteiger partial charge in [0.15, 0.2) is 0 Å². The van der Waals surface area contributed by atoms with Crippen LogP contribution in [-0.4, -0.2) is 38.8 Å². The predicted molar refractivity (Wildman–Crippen MR) is 90.5 cm³/mol. The molecule has 0 unspecified atom stereocenters. The van der Waals surface area contributed by atoms with Crippen LogP contribution < -0.4 is 15.0 Å². The minimum atomic E-state index is -2.89. The number of benzene rings is 2. The molecule has 0 atom stereocenters. The van der Waals surface area contributed by atoms with Crippen LogP contribution in [0.5, 0.6) is 5.75 Å². The zero-order valence-electron chi connectivity index (χ0n) is 13.5. The van der Waals surface area contributed by atoms with E-state index in [1.54, 1.807) is 6.07 Å². The first-order chi connectivity index (χ1) is 12.1. The van der Waals surface area contributed by atoms with Gasteiger partial charge in [-0.25, -0.2) is 0 Å². The van der Waals surface area contributed by atoms with Gasteiger partial charge in [-0.15, -0.1) is 0 Å². The molecule has 5 nitrogen and oxygen atoms in total. The number of amides is 1. The number of anilines is 2. The van der Waals surface area contributed by atoms with Crippen LogP contribution in [0.25, 0.3) is 0 Å². The molecule has 1 aliphatic rings. The summed E-state index contributed by atoms with van der Waals surface area (Å²) in [4.78, 5) is 14.5. The lowest BCUT2D eigenvalue weighted by molar-refractivity contribution is -0.0498. The number of rotatable bonds is 5. The molecular formula is C18H18F2N2O3. The van der Waals surface area contributed by atoms with E-state index in [1.165, 1.54) is 24.3 Å². The Morgan fingerprint density at radius 1 is 1.12 bits per heavy atom. The number of alkyl halides is 2. The van der Waals surface area contributed by atoms with Gasteiger partial charge in [-0.05, 0) is 42.5 Å². The Labute approximate surface area is 144 Å². The summed E-state index contributed by atoms with van der Waals surface area (Å²) < 4.78 is 33.9. The van der Waals surface area contributed by atoms with Crippen LogP contribution in [0.4, 0.5) is 20.2 Å². The first-order valence-corrected chi connectivity index (χ1v) is 7.91. The highest BCUT2D eigenvalue weighted by atomic mass is 19.3. The zero-order valence-corrected chi connectivity index (χ0v) is 13.5. The summed E-state index contributed by atoms with van der Waals surface area (Å²) in [6.07, 6.45) is 0. The van der Waals surface area contributed by atoms with Crippen LogP contribution in [0.15, 0.2) is 48.5 Å². The number of hydrogen-bond acceptors (Lipinski definition) is 4. The molecule has 1 amide bonds. The van der Waals surface area contributed by atoms with Crippen molar-refractivity contribution in [3.8, 4) is 5.75 Å². The molecule has 0 bridgehead atoms. The second-order valence-electron chi connectivity index (χ2n) is 5.51. The number of nitrogens with one attached hydrogen (secondary N) is 1. The van der Waals surface area contributed by atoms with Gasteiger partial charge in [0.1, 0.15) is 5.75 Å². The van der Waals surface area contributed by atoms with Gasteiger partial charge in [-0.1, -0.05) is 6.07 Å². The third kappa shape index (κ3) is 4.67. The van der Waals surface area contributed by atoms with Crippen molar-refractivity contribution in [2.45, 2.75) is 6.61 Å². The van der Waals surface area contributed by atoms with E-state index in [4.69, 9.17) is 4.74 Å². The minimum absolute atomic E-state index is 0.0147. The van der Waals surface area contributed by atoms with Gasteiger partial charge in [0.05, 0.1) is 13.2 Å². The Morgan fingerprint density at radius 2 is 1.84 bits per heavy atom. The summed E-state index contributed by atoms with van der Waals surface area (Å²) >= 11 is 0. The van der Waals surface area contributed by atoms with Gasteiger partial charge in [0, 0.05) is 30.0 Å². The number of nitrogens with zero attached hydrogens (tertiary/aromatic N) is 1. The quantitative estimate of drug-likeness (QED) is 0.900. The van der Waals surface area contributed by atoms with Gasteiger partial charge in [0.2, 0.25) is 0 Å². The Hall–Kier alpha value is -2.67. The lowest BCUT2D eigenvalue weighted by Gasteiger charge is -2.29. The van der Waals surface area contributed by atoms with Crippen LogP contribution in [0.2, 0.25) is 0 Å². The lowest BCUT2D eigenvalue weighted by atomic mass is 10.2. The summed E-state index contributed by atoms with van der Waals surface area (Å²) in [6, 6.07) is 13.1. The Morgan fingerprint density at radius 3 is 2.52 bits per heavy atom. The van der Waals surface area contributed by atoms with E-state index in [2.05, 4.69) is 15.0 Å². The molecule has 2 aromatic rings. The van der Waals surface area contributed by atoms with E-state index < -0.39 is 6.61 Å². The predicted octanol–water partition coefficient (Wildman–Crippen LogP) is 3.38. The summed E-state index contributed by atoms with van der Waals surface area (Å²) in [7, 11) is 0. The Bertz CT molecular complexity index is 717. The van der Waals surface area contributed by atoms with Crippen molar-refractivity contribution in [2.75, 3.05) is 36.5 Å². The molecule has 132 valence electrons. The maximum atomic E-state index is 12.3. The average molecular weight is 348 g/mol. The molecule has 1 heterocycles. The molecule has 25 heavy (non-hydrogen) atoms. The van der Waals surface area contributed by atoms with Crippen molar-refractivity contribution in [3.05, 3.63) is 54.1 Å². The fourth-order valence-electron chi connectivity index (χ4n) is 2.59. The van der Waals surface area contributed by atoms with Crippen LogP contribution >= 0.6 is 0 Å². The van der Waals surface area contributed by atoms with Crippen molar-refractivity contribution < 1.29 is 23.0 Å². The highest BCUT2D eigenvalue weighted by Gasteiger charge is 2.13. The largest absolute Gasteiger partial charge is 0.435 e. The molecule has 0 aromatic heterocycles. The molecule has 0 radical (unpaired) electrons. The van der Waals surface area contributed by atoms with E-state index in [1.807, 2.05) is 18.2 Å². The van der Waals surface area contributed by atoms with E-state index >= 15 is 0 Å². The number of carbonyl (C=O) groups excluding carboxylic acids is 1. The number of hydrogen-bond donors (Lipinski definition) is 1. The van der Waals surface area contributed by atoms with Crippen molar-refractivity contribution in [1.82, 2.24) is 0 Å². The van der Waals surface area contributed by atoms with Gasteiger partial charge in [-0.3, -0.25) is 4.79 Å². The fourth-order valence-corrected chi connectivity index (χ4v) is 2.59. The maximum absolute atomic E-state index is 12.3. The van der Waals surface area contributed by atoms with Crippen molar-refractivity contribution in [2.24, 2.45) is 0 Å². The molecule has 1 aliphatic heterocycles. The SMILES string of the molecule is O=C(Nc1cccc(N2CCOCC2)c1)c1ccc(OC(F)F)cc1. The molecular weight excluding hydrogens is 330 g/mol. The first-order valence-electron chi connectivity index (χ1n) is 7.91. The highest BCUT2D eigenvalue weighted by molar-refractivity contribution is 6.04. The molecule has 1 saturated heterocycles. The van der Waals surface area contributed by atoms with Gasteiger partial charge in [-0.2, -0.15) is 8.78 Å². The Balaban J connectivity index is 1.66. The van der Waals surface area contributed by atoms with E-state index in [0.717, 1.165) is 18.8 Å². The van der Waals surface area contributed by atoms with Crippen molar-refractivity contribution >= 4 is 17.3 Å². The summed E-state index contributed by atoms with van der Waals surface area (Å²) in [5.41, 5.74) is 2.04. The average Bonchev–Trinajstić information content (AvgIpc) is 2.63. The van der Waals surface area contributed by atoms with Crippen LogP contribution in [0.1, 0.15) is 10.4 Å². The third-order valence-electron chi connectivity index (χ3n) is 3.82. The molecule has 3 rings (SSSR count). The normalized spacial score (nSPS) is 14.4. The van der Waals surface area contributed by atoms with Crippen molar-refractivity contribution in [1.29, 1.82) is 0 Å². The Kier molecular flexibility index (Phi) is 5.45. The van der Waals surface area contributed by atoms with Crippen LogP contribution in [-0.2, 0) is 4.74 Å². The molecule has 7 heteroatoms. The number of ether oxygens (including phenoxy) is 2. The topological polar surface area (TPSA) is 50.8 Å². The molecule has 1 fully saturated rings. The second kappa shape index (κ2) is 7.94. The molecule has 1 N–H and O–H groups in total. The molecule has 0 aliphatic carbocycles. The zero-order chi connectivity index (χ0) is 17.6. The number of carbonyl (C=O) groups is 1.